The summed E-state index contributed by atoms with van der Waals surface area (Å²) in [5, 5.41) is 0. The summed E-state index contributed by atoms with van der Waals surface area (Å²) in [5.74, 6) is 1.86. The van der Waals surface area contributed by atoms with Crippen LogP contribution in [0.25, 0.3) is 0 Å². The quantitative estimate of drug-likeness (QED) is 0.845. The second-order valence-electron chi connectivity index (χ2n) is 5.70. The van der Waals surface area contributed by atoms with E-state index in [1.807, 2.05) is 12.3 Å². The van der Waals surface area contributed by atoms with Crippen LogP contribution in [0, 0.1) is 5.92 Å². The van der Waals surface area contributed by atoms with Gasteiger partial charge in [-0.1, -0.05) is 15.9 Å². The molecule has 0 aliphatic carbocycles. The number of morpholine rings is 1. The first-order valence-corrected chi connectivity index (χ1v) is 8.27. The van der Waals surface area contributed by atoms with Gasteiger partial charge in [-0.3, -0.25) is 4.90 Å². The third-order valence-electron chi connectivity index (χ3n) is 4.17. The van der Waals surface area contributed by atoms with Gasteiger partial charge in [0, 0.05) is 43.4 Å². The minimum Gasteiger partial charge on any atom is -0.379 e. The Morgan fingerprint density at radius 2 is 2.15 bits per heavy atom. The van der Waals surface area contributed by atoms with Gasteiger partial charge in [0.05, 0.1) is 13.2 Å². The van der Waals surface area contributed by atoms with Gasteiger partial charge >= 0.3 is 0 Å². The van der Waals surface area contributed by atoms with Gasteiger partial charge in [-0.25, -0.2) is 4.98 Å². The van der Waals surface area contributed by atoms with Gasteiger partial charge in [-0.2, -0.15) is 0 Å². The van der Waals surface area contributed by atoms with E-state index >= 15 is 0 Å². The van der Waals surface area contributed by atoms with Crippen molar-refractivity contribution in [2.45, 2.75) is 12.8 Å². The van der Waals surface area contributed by atoms with Gasteiger partial charge in [-0.05, 0) is 30.9 Å². The van der Waals surface area contributed by atoms with Gasteiger partial charge in [-0.15, -0.1) is 0 Å². The van der Waals surface area contributed by atoms with Gasteiger partial charge in [0.25, 0.3) is 0 Å². The molecule has 0 amide bonds. The standard InChI is InChI=1S/C15H22BrN3O/c16-14-3-4-17-15(10-14)19-5-1-2-13(12-19)11-18-6-8-20-9-7-18/h3-4,10,13H,1-2,5-9,11-12H2. The zero-order chi connectivity index (χ0) is 13.8. The molecule has 110 valence electrons. The van der Waals surface area contributed by atoms with Crippen LogP contribution in [0.3, 0.4) is 0 Å². The zero-order valence-electron chi connectivity index (χ0n) is 11.8. The summed E-state index contributed by atoms with van der Waals surface area (Å²) in [6, 6.07) is 4.11. The summed E-state index contributed by atoms with van der Waals surface area (Å²) in [7, 11) is 0. The third kappa shape index (κ3) is 3.71. The highest BCUT2D eigenvalue weighted by Gasteiger charge is 2.23. The summed E-state index contributed by atoms with van der Waals surface area (Å²) < 4.78 is 6.53. The average Bonchev–Trinajstić information content (AvgIpc) is 2.49. The highest BCUT2D eigenvalue weighted by Crippen LogP contribution is 2.24. The molecule has 1 atom stereocenters. The van der Waals surface area contributed by atoms with Crippen LogP contribution in [0.15, 0.2) is 22.8 Å². The molecule has 20 heavy (non-hydrogen) atoms. The molecule has 2 fully saturated rings. The topological polar surface area (TPSA) is 28.6 Å². The molecular weight excluding hydrogens is 318 g/mol. The molecule has 1 aromatic rings. The van der Waals surface area contributed by atoms with E-state index in [0.29, 0.717) is 0 Å². The summed E-state index contributed by atoms with van der Waals surface area (Å²) in [5.41, 5.74) is 0. The van der Waals surface area contributed by atoms with E-state index in [-0.39, 0.29) is 0 Å². The van der Waals surface area contributed by atoms with Crippen molar-refractivity contribution < 1.29 is 4.74 Å². The van der Waals surface area contributed by atoms with Crippen molar-refractivity contribution in [2.75, 3.05) is 50.8 Å². The molecule has 1 aromatic heterocycles. The molecule has 0 saturated carbocycles. The van der Waals surface area contributed by atoms with Crippen LogP contribution in [-0.4, -0.2) is 55.8 Å². The molecule has 0 spiro atoms. The van der Waals surface area contributed by atoms with Crippen molar-refractivity contribution in [1.29, 1.82) is 0 Å². The van der Waals surface area contributed by atoms with Crippen LogP contribution in [0.1, 0.15) is 12.8 Å². The SMILES string of the molecule is Brc1ccnc(N2CCCC(CN3CCOCC3)C2)c1. The van der Waals surface area contributed by atoms with Gasteiger partial charge in [0.2, 0.25) is 0 Å². The molecule has 5 heteroatoms. The van der Waals surface area contributed by atoms with E-state index in [1.165, 1.54) is 19.4 Å². The molecular formula is C15H22BrN3O. The van der Waals surface area contributed by atoms with E-state index in [1.54, 1.807) is 0 Å². The molecule has 2 aliphatic rings. The molecule has 3 heterocycles. The number of halogens is 1. The largest absolute Gasteiger partial charge is 0.379 e. The van der Waals surface area contributed by atoms with Gasteiger partial charge in [0.15, 0.2) is 0 Å². The van der Waals surface area contributed by atoms with Crippen LogP contribution in [0.2, 0.25) is 0 Å². The Morgan fingerprint density at radius 3 is 2.95 bits per heavy atom. The lowest BCUT2D eigenvalue weighted by molar-refractivity contribution is 0.0296. The maximum atomic E-state index is 5.43. The Hall–Kier alpha value is -0.650. The first-order valence-electron chi connectivity index (χ1n) is 7.48. The number of pyridine rings is 1. The van der Waals surface area contributed by atoms with E-state index in [0.717, 1.165) is 55.6 Å². The lowest BCUT2D eigenvalue weighted by Crippen LogP contribution is -2.44. The van der Waals surface area contributed by atoms with Crippen molar-refractivity contribution in [2.24, 2.45) is 5.92 Å². The summed E-state index contributed by atoms with van der Waals surface area (Å²) >= 11 is 3.53. The van der Waals surface area contributed by atoms with Crippen molar-refractivity contribution >= 4 is 21.7 Å². The smallest absolute Gasteiger partial charge is 0.129 e. The maximum Gasteiger partial charge on any atom is 0.129 e. The first-order chi connectivity index (χ1) is 9.81. The number of rotatable bonds is 3. The van der Waals surface area contributed by atoms with Crippen LogP contribution < -0.4 is 4.90 Å². The van der Waals surface area contributed by atoms with Gasteiger partial charge < -0.3 is 9.64 Å². The molecule has 0 radical (unpaired) electrons. The predicted octanol–water partition coefficient (Wildman–Crippen LogP) is 2.39. The predicted molar refractivity (Wildman–Crippen MR) is 84.1 cm³/mol. The number of ether oxygens (including phenoxy) is 1. The molecule has 0 N–H and O–H groups in total. The van der Waals surface area contributed by atoms with Crippen LogP contribution in [0.5, 0.6) is 0 Å². The van der Waals surface area contributed by atoms with E-state index < -0.39 is 0 Å². The second-order valence-corrected chi connectivity index (χ2v) is 6.62. The zero-order valence-corrected chi connectivity index (χ0v) is 13.4. The monoisotopic (exact) mass is 339 g/mol. The highest BCUT2D eigenvalue weighted by atomic mass is 79.9. The Labute approximate surface area is 129 Å². The Morgan fingerprint density at radius 1 is 1.30 bits per heavy atom. The molecule has 2 aliphatic heterocycles. The molecule has 4 nitrogen and oxygen atoms in total. The Kier molecular flexibility index (Phi) is 4.91. The number of nitrogens with zero attached hydrogens (tertiary/aromatic N) is 3. The van der Waals surface area contributed by atoms with Crippen molar-refractivity contribution in [3.05, 3.63) is 22.8 Å². The first kappa shape index (κ1) is 14.3. The van der Waals surface area contributed by atoms with Crippen molar-refractivity contribution in [3.63, 3.8) is 0 Å². The fraction of sp³-hybridized carbons (Fsp3) is 0.667. The molecule has 0 bridgehead atoms. The Balaban J connectivity index is 1.58. The van der Waals surface area contributed by atoms with E-state index in [2.05, 4.69) is 36.8 Å². The lowest BCUT2D eigenvalue weighted by Gasteiger charge is -2.37. The lowest BCUT2D eigenvalue weighted by atomic mass is 9.97. The number of anilines is 1. The third-order valence-corrected chi connectivity index (χ3v) is 4.66. The summed E-state index contributed by atoms with van der Waals surface area (Å²) in [6.07, 6.45) is 4.48. The minimum atomic E-state index is 0.752. The second kappa shape index (κ2) is 6.87. The minimum absolute atomic E-state index is 0.752. The number of hydrogen-bond donors (Lipinski definition) is 0. The maximum absolute atomic E-state index is 5.43. The highest BCUT2D eigenvalue weighted by molar-refractivity contribution is 9.10. The van der Waals surface area contributed by atoms with E-state index in [9.17, 15) is 0 Å². The molecule has 1 unspecified atom stereocenters. The normalized spacial score (nSPS) is 24.9. The number of aromatic nitrogens is 1. The van der Waals surface area contributed by atoms with Crippen LogP contribution in [-0.2, 0) is 4.74 Å². The van der Waals surface area contributed by atoms with Crippen molar-refractivity contribution in [1.82, 2.24) is 9.88 Å². The van der Waals surface area contributed by atoms with Crippen molar-refractivity contribution in [3.8, 4) is 0 Å². The molecule has 0 aromatic carbocycles. The molecule has 3 rings (SSSR count). The fourth-order valence-corrected chi connectivity index (χ4v) is 3.46. The summed E-state index contributed by atoms with van der Waals surface area (Å²) in [6.45, 7) is 7.42. The summed E-state index contributed by atoms with van der Waals surface area (Å²) in [4.78, 5) is 9.48. The van der Waals surface area contributed by atoms with E-state index in [4.69, 9.17) is 4.74 Å². The number of hydrogen-bond acceptors (Lipinski definition) is 4. The Bertz CT molecular complexity index is 437. The van der Waals surface area contributed by atoms with Crippen LogP contribution >= 0.6 is 15.9 Å². The number of piperidine rings is 1. The fourth-order valence-electron chi connectivity index (χ4n) is 3.14. The van der Waals surface area contributed by atoms with Gasteiger partial charge in [0.1, 0.15) is 5.82 Å². The molecule has 2 saturated heterocycles. The average molecular weight is 340 g/mol. The van der Waals surface area contributed by atoms with Crippen LogP contribution in [0.4, 0.5) is 5.82 Å².